The fraction of sp³-hybridized carbons (Fsp3) is 0.250. The molecule has 0 aliphatic carbocycles. The molecule has 1 amide bonds. The molecule has 0 bridgehead atoms. The lowest BCUT2D eigenvalue weighted by atomic mass is 9.97. The van der Waals surface area contributed by atoms with E-state index in [1.807, 2.05) is 12.1 Å². The van der Waals surface area contributed by atoms with Crippen LogP contribution in [0.4, 0.5) is 4.39 Å². The Morgan fingerprint density at radius 1 is 1.21 bits per heavy atom. The third-order valence-corrected chi connectivity index (χ3v) is 4.85. The minimum absolute atomic E-state index is 0.205. The first-order valence-corrected chi connectivity index (χ1v) is 8.74. The molecule has 1 aliphatic heterocycles. The summed E-state index contributed by atoms with van der Waals surface area (Å²) in [5.74, 6) is -0.538. The van der Waals surface area contributed by atoms with Crippen LogP contribution in [-0.2, 0) is 9.47 Å². The lowest BCUT2D eigenvalue weighted by Crippen LogP contribution is -2.38. The Hall–Kier alpha value is -3.10. The molecule has 4 rings (SSSR count). The van der Waals surface area contributed by atoms with Gasteiger partial charge in [0.25, 0.3) is 5.91 Å². The normalized spacial score (nSPS) is 16.1. The number of pyridine rings is 1. The Morgan fingerprint density at radius 3 is 2.61 bits per heavy atom. The molecule has 3 heterocycles. The highest BCUT2D eigenvalue weighted by Crippen LogP contribution is 2.42. The van der Waals surface area contributed by atoms with E-state index in [9.17, 15) is 9.18 Å². The number of fused-ring (bicyclic) bond motifs is 1. The number of aromatic nitrogens is 3. The number of rotatable bonds is 6. The van der Waals surface area contributed by atoms with Crippen molar-refractivity contribution in [1.82, 2.24) is 20.1 Å². The van der Waals surface area contributed by atoms with Crippen LogP contribution in [0.5, 0.6) is 0 Å². The highest BCUT2D eigenvalue weighted by atomic mass is 19.1. The van der Waals surface area contributed by atoms with Gasteiger partial charge in [0, 0.05) is 37.7 Å². The summed E-state index contributed by atoms with van der Waals surface area (Å²) < 4.78 is 24.0. The average molecular weight is 382 g/mol. The Morgan fingerprint density at radius 2 is 1.96 bits per heavy atom. The minimum atomic E-state index is -0.575. The monoisotopic (exact) mass is 382 g/mol. The fourth-order valence-electron chi connectivity index (χ4n) is 3.50. The predicted molar refractivity (Wildman–Crippen MR) is 98.9 cm³/mol. The van der Waals surface area contributed by atoms with Gasteiger partial charge in [0.2, 0.25) is 0 Å². The highest BCUT2D eigenvalue weighted by Gasteiger charge is 2.43. The van der Waals surface area contributed by atoms with Gasteiger partial charge < -0.3 is 14.4 Å². The summed E-state index contributed by atoms with van der Waals surface area (Å²) in [5, 5.41) is 7.19. The molecule has 144 valence electrons. The zero-order valence-corrected chi connectivity index (χ0v) is 15.4. The number of hydrogen-bond donors (Lipinski definition) is 1. The van der Waals surface area contributed by atoms with Crippen LogP contribution in [0, 0.1) is 5.82 Å². The van der Waals surface area contributed by atoms with Crippen molar-refractivity contribution in [3.8, 4) is 11.3 Å². The summed E-state index contributed by atoms with van der Waals surface area (Å²) >= 11 is 0. The van der Waals surface area contributed by atoms with Gasteiger partial charge in [0.1, 0.15) is 11.5 Å². The summed E-state index contributed by atoms with van der Waals surface area (Å²) in [5.41, 5.74) is 3.29. The Labute approximate surface area is 161 Å². The van der Waals surface area contributed by atoms with E-state index in [4.69, 9.17) is 9.47 Å². The number of amides is 1. The number of hydrogen-bond acceptors (Lipinski definition) is 5. The maximum absolute atomic E-state index is 13.4. The van der Waals surface area contributed by atoms with Gasteiger partial charge in [-0.3, -0.25) is 14.9 Å². The van der Waals surface area contributed by atoms with Crippen LogP contribution >= 0.6 is 0 Å². The van der Waals surface area contributed by atoms with E-state index in [-0.39, 0.29) is 18.3 Å². The van der Waals surface area contributed by atoms with Gasteiger partial charge >= 0.3 is 0 Å². The van der Waals surface area contributed by atoms with Crippen LogP contribution < -0.4 is 0 Å². The molecule has 1 atom stereocenters. The number of carbonyl (C=O) groups excluding carboxylic acids is 1. The van der Waals surface area contributed by atoms with Crippen LogP contribution in [0.25, 0.3) is 11.3 Å². The second kappa shape index (κ2) is 7.49. The van der Waals surface area contributed by atoms with E-state index < -0.39 is 12.3 Å². The summed E-state index contributed by atoms with van der Waals surface area (Å²) in [4.78, 5) is 19.0. The first-order chi connectivity index (χ1) is 13.6. The average Bonchev–Trinajstić information content (AvgIpc) is 3.26. The zero-order valence-electron chi connectivity index (χ0n) is 15.4. The largest absolute Gasteiger partial charge is 0.354 e. The molecule has 0 fully saturated rings. The number of nitrogens with zero attached hydrogens (tertiary/aromatic N) is 3. The molecule has 28 heavy (non-hydrogen) atoms. The van der Waals surface area contributed by atoms with Crippen molar-refractivity contribution in [2.45, 2.75) is 12.3 Å². The van der Waals surface area contributed by atoms with Crippen molar-refractivity contribution in [2.24, 2.45) is 0 Å². The molecule has 1 unspecified atom stereocenters. The lowest BCUT2D eigenvalue weighted by molar-refractivity contribution is -0.113. The molecular weight excluding hydrogens is 363 g/mol. The van der Waals surface area contributed by atoms with Crippen LogP contribution in [-0.4, -0.2) is 53.0 Å². The van der Waals surface area contributed by atoms with Gasteiger partial charge in [-0.05, 0) is 35.9 Å². The number of carbonyl (C=O) groups is 1. The topological polar surface area (TPSA) is 80.3 Å². The number of aromatic amines is 1. The molecule has 3 aromatic rings. The summed E-state index contributed by atoms with van der Waals surface area (Å²) in [6.07, 6.45) is 2.82. The molecule has 7 nitrogen and oxygen atoms in total. The van der Waals surface area contributed by atoms with Crippen LogP contribution in [0.15, 0.2) is 48.8 Å². The van der Waals surface area contributed by atoms with E-state index in [0.29, 0.717) is 11.4 Å². The number of ether oxygens (including phenoxy) is 2. The van der Waals surface area contributed by atoms with Crippen molar-refractivity contribution in [3.63, 3.8) is 0 Å². The van der Waals surface area contributed by atoms with Crippen LogP contribution in [0.2, 0.25) is 0 Å². The quantitative estimate of drug-likeness (QED) is 0.663. The zero-order chi connectivity index (χ0) is 19.7. The maximum atomic E-state index is 13.4. The first kappa shape index (κ1) is 18.3. The molecule has 2 aromatic heterocycles. The maximum Gasteiger partial charge on any atom is 0.273 e. The predicted octanol–water partition coefficient (Wildman–Crippen LogP) is 2.77. The molecule has 0 saturated carbocycles. The molecule has 0 spiro atoms. The van der Waals surface area contributed by atoms with E-state index in [1.54, 1.807) is 29.4 Å². The molecule has 8 heteroatoms. The van der Waals surface area contributed by atoms with Crippen molar-refractivity contribution < 1.29 is 18.7 Å². The Bertz CT molecular complexity index is 971. The van der Waals surface area contributed by atoms with Crippen molar-refractivity contribution in [1.29, 1.82) is 0 Å². The summed E-state index contributed by atoms with van der Waals surface area (Å²) in [6, 6.07) is 9.34. The first-order valence-electron chi connectivity index (χ1n) is 8.74. The molecule has 0 radical (unpaired) electrons. The smallest absolute Gasteiger partial charge is 0.273 e. The van der Waals surface area contributed by atoms with E-state index >= 15 is 0 Å². The van der Waals surface area contributed by atoms with Gasteiger partial charge in [-0.2, -0.15) is 5.10 Å². The van der Waals surface area contributed by atoms with Crippen molar-refractivity contribution in [3.05, 3.63) is 71.4 Å². The SMILES string of the molecule is COC(CN1C(=O)c2[nH]nc(-c3ccc(F)cc3)c2C1c1cccnc1)OC. The number of benzene rings is 1. The second-order valence-corrected chi connectivity index (χ2v) is 6.42. The second-order valence-electron chi connectivity index (χ2n) is 6.42. The third kappa shape index (κ3) is 3.06. The van der Waals surface area contributed by atoms with Gasteiger partial charge in [0.15, 0.2) is 6.29 Å². The molecule has 1 N–H and O–H groups in total. The fourth-order valence-corrected chi connectivity index (χ4v) is 3.50. The Balaban J connectivity index is 1.83. The summed E-state index contributed by atoms with van der Waals surface area (Å²) in [7, 11) is 3.05. The summed E-state index contributed by atoms with van der Waals surface area (Å²) in [6.45, 7) is 0.233. The van der Waals surface area contributed by atoms with Gasteiger partial charge in [-0.1, -0.05) is 6.07 Å². The molecule has 0 saturated heterocycles. The lowest BCUT2D eigenvalue weighted by Gasteiger charge is -2.28. The van der Waals surface area contributed by atoms with Crippen molar-refractivity contribution in [2.75, 3.05) is 20.8 Å². The third-order valence-electron chi connectivity index (χ3n) is 4.85. The number of H-pyrrole nitrogens is 1. The minimum Gasteiger partial charge on any atom is -0.354 e. The van der Waals surface area contributed by atoms with Crippen LogP contribution in [0.1, 0.15) is 27.7 Å². The number of nitrogens with one attached hydrogen (secondary N) is 1. The Kier molecular flexibility index (Phi) is 4.89. The van der Waals surface area contributed by atoms with Crippen LogP contribution in [0.3, 0.4) is 0 Å². The van der Waals surface area contributed by atoms with E-state index in [2.05, 4.69) is 15.2 Å². The molecule has 1 aromatic carbocycles. The van der Waals surface area contributed by atoms with Gasteiger partial charge in [0.05, 0.1) is 18.3 Å². The van der Waals surface area contributed by atoms with Crippen molar-refractivity contribution >= 4 is 5.91 Å². The highest BCUT2D eigenvalue weighted by molar-refractivity contribution is 6.00. The molecular formula is C20H19FN4O3. The standard InChI is InChI=1S/C20H19FN4O3/c1-27-15(28-2)11-25-19(13-4-3-9-22-10-13)16-17(23-24-18(16)20(25)26)12-5-7-14(21)8-6-12/h3-10,15,19H,11H2,1-2H3,(H,23,24). The van der Waals surface area contributed by atoms with E-state index in [0.717, 1.165) is 16.7 Å². The van der Waals surface area contributed by atoms with Gasteiger partial charge in [-0.25, -0.2) is 4.39 Å². The number of halogens is 1. The van der Waals surface area contributed by atoms with E-state index in [1.165, 1.54) is 26.4 Å². The molecule has 1 aliphatic rings. The van der Waals surface area contributed by atoms with Gasteiger partial charge in [-0.15, -0.1) is 0 Å². The number of methoxy groups -OCH3 is 2.